The Hall–Kier alpha value is -2.96. The maximum absolute atomic E-state index is 9.10. The summed E-state index contributed by atoms with van der Waals surface area (Å²) in [5, 5.41) is 14.8. The largest absolute Gasteiger partial charge is 0.473 e. The normalized spacial score (nSPS) is 14.8. The number of carboxylic acids is 2. The Morgan fingerprint density at radius 3 is 1.90 bits per heavy atom. The molecule has 1 aliphatic heterocycles. The molecule has 3 rings (SSSR count). The van der Waals surface area contributed by atoms with E-state index in [1.54, 1.807) is 0 Å². The van der Waals surface area contributed by atoms with Gasteiger partial charge < -0.3 is 10.2 Å². The van der Waals surface area contributed by atoms with Gasteiger partial charge in [-0.25, -0.2) is 9.59 Å². The second kappa shape index (κ2) is 12.6. The van der Waals surface area contributed by atoms with E-state index in [0.29, 0.717) is 0 Å². The summed E-state index contributed by atoms with van der Waals surface area (Å²) in [4.78, 5) is 23.3. The molecule has 2 aromatic carbocycles. The number of aliphatic carboxylic acids is 2. The highest BCUT2D eigenvalue weighted by Crippen LogP contribution is 2.11. The van der Waals surface area contributed by atoms with Crippen LogP contribution in [0.25, 0.3) is 6.08 Å². The van der Waals surface area contributed by atoms with E-state index >= 15 is 0 Å². The van der Waals surface area contributed by atoms with Crippen molar-refractivity contribution in [3.8, 4) is 0 Å². The molecule has 1 saturated heterocycles. The molecule has 6 nitrogen and oxygen atoms in total. The zero-order chi connectivity index (χ0) is 21.8. The molecule has 1 aliphatic rings. The van der Waals surface area contributed by atoms with Crippen molar-refractivity contribution in [1.29, 1.82) is 0 Å². The van der Waals surface area contributed by atoms with Gasteiger partial charge in [0.25, 0.3) is 0 Å². The van der Waals surface area contributed by atoms with Gasteiger partial charge in [0.2, 0.25) is 0 Å². The number of benzene rings is 2. The SMILES string of the molecule is CCc1ccc(CN2CCN(CC=Cc3ccccc3)CC2)cc1.O=C(O)C(=O)O. The minimum absolute atomic E-state index is 1.05. The van der Waals surface area contributed by atoms with Gasteiger partial charge in [-0.1, -0.05) is 73.7 Å². The van der Waals surface area contributed by atoms with Gasteiger partial charge in [0, 0.05) is 39.3 Å². The van der Waals surface area contributed by atoms with Crippen molar-refractivity contribution < 1.29 is 19.8 Å². The summed E-state index contributed by atoms with van der Waals surface area (Å²) >= 11 is 0. The topological polar surface area (TPSA) is 81.1 Å². The first-order valence-corrected chi connectivity index (χ1v) is 10.2. The van der Waals surface area contributed by atoms with Gasteiger partial charge in [0.15, 0.2) is 0 Å². The zero-order valence-electron chi connectivity index (χ0n) is 17.4. The Morgan fingerprint density at radius 1 is 0.833 bits per heavy atom. The molecule has 0 atom stereocenters. The first-order chi connectivity index (χ1) is 14.5. The molecule has 1 fully saturated rings. The van der Waals surface area contributed by atoms with E-state index in [9.17, 15) is 0 Å². The third-order valence-corrected chi connectivity index (χ3v) is 4.96. The molecule has 2 aromatic rings. The Morgan fingerprint density at radius 2 is 1.37 bits per heavy atom. The smallest absolute Gasteiger partial charge is 0.414 e. The minimum atomic E-state index is -1.82. The molecule has 0 saturated carbocycles. The van der Waals surface area contributed by atoms with E-state index in [0.717, 1.165) is 45.7 Å². The van der Waals surface area contributed by atoms with E-state index in [1.807, 2.05) is 0 Å². The monoisotopic (exact) mass is 410 g/mol. The van der Waals surface area contributed by atoms with Crippen molar-refractivity contribution in [3.63, 3.8) is 0 Å². The quantitative estimate of drug-likeness (QED) is 0.712. The van der Waals surface area contributed by atoms with Gasteiger partial charge in [-0.2, -0.15) is 0 Å². The molecule has 0 aromatic heterocycles. The Labute approximate surface area is 178 Å². The standard InChI is InChI=1S/C22H28N2.C2H2O4/c1-2-20-10-12-22(13-11-20)19-24-17-15-23(16-18-24)14-6-9-21-7-4-3-5-8-21;3-1(4)2(5)6/h3-13H,2,14-19H2,1H3;(H,3,4)(H,5,6). The van der Waals surface area contributed by atoms with Crippen LogP contribution in [-0.2, 0) is 22.6 Å². The minimum Gasteiger partial charge on any atom is -0.473 e. The third kappa shape index (κ3) is 8.59. The summed E-state index contributed by atoms with van der Waals surface area (Å²) < 4.78 is 0. The van der Waals surface area contributed by atoms with Crippen LogP contribution in [0.5, 0.6) is 0 Å². The summed E-state index contributed by atoms with van der Waals surface area (Å²) in [6.45, 7) is 8.98. The lowest BCUT2D eigenvalue weighted by Gasteiger charge is -2.34. The number of hydrogen-bond acceptors (Lipinski definition) is 4. The maximum Gasteiger partial charge on any atom is 0.414 e. The molecule has 0 radical (unpaired) electrons. The second-order valence-corrected chi connectivity index (χ2v) is 7.17. The van der Waals surface area contributed by atoms with E-state index in [1.165, 1.54) is 16.7 Å². The van der Waals surface area contributed by atoms with Crippen molar-refractivity contribution in [2.75, 3.05) is 32.7 Å². The second-order valence-electron chi connectivity index (χ2n) is 7.17. The van der Waals surface area contributed by atoms with Crippen molar-refractivity contribution in [1.82, 2.24) is 9.80 Å². The van der Waals surface area contributed by atoms with Crippen LogP contribution in [0.1, 0.15) is 23.6 Å². The van der Waals surface area contributed by atoms with Crippen molar-refractivity contribution in [2.24, 2.45) is 0 Å². The number of hydrogen-bond donors (Lipinski definition) is 2. The van der Waals surface area contributed by atoms with Gasteiger partial charge in [-0.05, 0) is 23.1 Å². The van der Waals surface area contributed by atoms with Crippen LogP contribution >= 0.6 is 0 Å². The molecule has 0 amide bonds. The Bertz CT molecular complexity index is 799. The summed E-state index contributed by atoms with van der Waals surface area (Å²) in [6, 6.07) is 19.6. The van der Waals surface area contributed by atoms with Gasteiger partial charge in [0.1, 0.15) is 0 Å². The van der Waals surface area contributed by atoms with E-state index in [4.69, 9.17) is 19.8 Å². The predicted molar refractivity (Wildman–Crippen MR) is 118 cm³/mol. The van der Waals surface area contributed by atoms with Gasteiger partial charge in [-0.3, -0.25) is 9.80 Å². The molecular weight excluding hydrogens is 380 g/mol. The Balaban J connectivity index is 0.000000469. The summed E-state index contributed by atoms with van der Waals surface area (Å²) in [6.07, 6.45) is 5.63. The number of aryl methyl sites for hydroxylation is 1. The van der Waals surface area contributed by atoms with Crippen molar-refractivity contribution >= 4 is 18.0 Å². The first kappa shape index (κ1) is 23.3. The molecule has 0 bridgehead atoms. The van der Waals surface area contributed by atoms with Crippen LogP contribution in [-0.4, -0.2) is 64.7 Å². The highest BCUT2D eigenvalue weighted by Gasteiger charge is 2.15. The predicted octanol–water partition coefficient (Wildman–Crippen LogP) is 3.24. The molecule has 30 heavy (non-hydrogen) atoms. The van der Waals surface area contributed by atoms with Crippen LogP contribution in [0.3, 0.4) is 0 Å². The first-order valence-electron chi connectivity index (χ1n) is 10.2. The molecule has 6 heteroatoms. The van der Waals surface area contributed by atoms with Crippen LogP contribution < -0.4 is 0 Å². The number of nitrogens with zero attached hydrogens (tertiary/aromatic N) is 2. The zero-order valence-corrected chi connectivity index (χ0v) is 17.4. The Kier molecular flexibility index (Phi) is 9.77. The average Bonchev–Trinajstić information content (AvgIpc) is 2.77. The molecule has 1 heterocycles. The van der Waals surface area contributed by atoms with Crippen LogP contribution in [0.2, 0.25) is 0 Å². The van der Waals surface area contributed by atoms with Gasteiger partial charge in [-0.15, -0.1) is 0 Å². The average molecular weight is 411 g/mol. The number of rotatable bonds is 6. The lowest BCUT2D eigenvalue weighted by atomic mass is 10.1. The van der Waals surface area contributed by atoms with Crippen molar-refractivity contribution in [3.05, 3.63) is 77.4 Å². The lowest BCUT2D eigenvalue weighted by Crippen LogP contribution is -2.45. The van der Waals surface area contributed by atoms with Gasteiger partial charge in [0.05, 0.1) is 0 Å². The fraction of sp³-hybridized carbons (Fsp3) is 0.333. The molecule has 0 aliphatic carbocycles. The molecule has 0 spiro atoms. The van der Waals surface area contributed by atoms with Crippen LogP contribution in [0.4, 0.5) is 0 Å². The summed E-state index contributed by atoms with van der Waals surface area (Å²) in [5.74, 6) is -3.65. The number of piperazine rings is 1. The van der Waals surface area contributed by atoms with E-state index in [-0.39, 0.29) is 0 Å². The summed E-state index contributed by atoms with van der Waals surface area (Å²) in [7, 11) is 0. The molecule has 0 unspecified atom stereocenters. The number of carbonyl (C=O) groups is 2. The fourth-order valence-electron chi connectivity index (χ4n) is 3.17. The fourth-order valence-corrected chi connectivity index (χ4v) is 3.17. The third-order valence-electron chi connectivity index (χ3n) is 4.96. The highest BCUT2D eigenvalue weighted by molar-refractivity contribution is 6.27. The highest BCUT2D eigenvalue weighted by atomic mass is 16.4. The summed E-state index contributed by atoms with van der Waals surface area (Å²) in [5.41, 5.74) is 4.14. The molecule has 160 valence electrons. The van der Waals surface area contributed by atoms with E-state index in [2.05, 4.69) is 83.5 Å². The van der Waals surface area contributed by atoms with Gasteiger partial charge >= 0.3 is 11.9 Å². The number of carboxylic acid groups (broad SMARTS) is 2. The molecular formula is C24H30N2O4. The van der Waals surface area contributed by atoms with Crippen molar-refractivity contribution in [2.45, 2.75) is 19.9 Å². The van der Waals surface area contributed by atoms with E-state index < -0.39 is 11.9 Å². The molecule has 2 N–H and O–H groups in total. The maximum atomic E-state index is 9.10. The van der Waals surface area contributed by atoms with Crippen LogP contribution in [0, 0.1) is 0 Å². The lowest BCUT2D eigenvalue weighted by molar-refractivity contribution is -0.159. The van der Waals surface area contributed by atoms with Crippen LogP contribution in [0.15, 0.2) is 60.7 Å².